The minimum Gasteiger partial charge on any atom is -0.393 e. The number of fused-ring (bicyclic) bond motifs is 1. The number of aromatic nitrogens is 2. The van der Waals surface area contributed by atoms with Gasteiger partial charge in [-0.2, -0.15) is 5.10 Å². The molecule has 4 aliphatic carbocycles. The summed E-state index contributed by atoms with van der Waals surface area (Å²) < 4.78 is 1.94. The van der Waals surface area contributed by atoms with Gasteiger partial charge in [-0.15, -0.1) is 0 Å². The van der Waals surface area contributed by atoms with Gasteiger partial charge in [-0.3, -0.25) is 9.48 Å². The number of aliphatic hydroxyl groups is 1. The number of amides is 1. The van der Waals surface area contributed by atoms with Crippen LogP contribution in [0.2, 0.25) is 0 Å². The van der Waals surface area contributed by atoms with E-state index in [0.717, 1.165) is 67.3 Å². The van der Waals surface area contributed by atoms with Crippen LogP contribution in [0.5, 0.6) is 0 Å². The average molecular weight is 382 g/mol. The molecule has 0 unspecified atom stereocenters. The quantitative estimate of drug-likeness (QED) is 0.798. The molecule has 4 aliphatic rings. The maximum Gasteiger partial charge on any atom is 0.272 e. The van der Waals surface area contributed by atoms with Crippen LogP contribution >= 0.6 is 0 Å². The Bertz CT molecular complexity index is 850. The number of carbonyl (C=O) groups excluding carboxylic acids is 1. The monoisotopic (exact) mass is 381 g/mol. The van der Waals surface area contributed by atoms with Crippen molar-refractivity contribution in [3.63, 3.8) is 0 Å². The van der Waals surface area contributed by atoms with Crippen molar-refractivity contribution in [2.45, 2.75) is 76.5 Å². The van der Waals surface area contributed by atoms with Crippen molar-refractivity contribution >= 4 is 16.8 Å². The molecule has 4 bridgehead atoms. The third-order valence-electron chi connectivity index (χ3n) is 7.28. The van der Waals surface area contributed by atoms with Crippen molar-refractivity contribution < 1.29 is 9.90 Å². The fourth-order valence-electron chi connectivity index (χ4n) is 6.57. The predicted molar refractivity (Wildman–Crippen MR) is 109 cm³/mol. The number of para-hydroxylation sites is 1. The van der Waals surface area contributed by atoms with Gasteiger partial charge < -0.3 is 10.4 Å². The highest BCUT2D eigenvalue weighted by Crippen LogP contribution is 2.55. The van der Waals surface area contributed by atoms with E-state index in [2.05, 4.69) is 5.32 Å². The molecule has 4 saturated carbocycles. The Morgan fingerprint density at radius 1 is 1.21 bits per heavy atom. The first kappa shape index (κ1) is 18.2. The predicted octanol–water partition coefficient (Wildman–Crippen LogP) is 3.90. The summed E-state index contributed by atoms with van der Waals surface area (Å²) in [7, 11) is 0. The number of nitrogens with one attached hydrogen (secondary N) is 1. The lowest BCUT2D eigenvalue weighted by Crippen LogP contribution is -2.59. The van der Waals surface area contributed by atoms with Gasteiger partial charge in [0, 0.05) is 17.5 Å². The van der Waals surface area contributed by atoms with Crippen LogP contribution in [0.3, 0.4) is 0 Å². The number of nitrogens with zero attached hydrogens (tertiary/aromatic N) is 2. The first-order valence-electron chi connectivity index (χ1n) is 11.0. The van der Waals surface area contributed by atoms with E-state index in [-0.39, 0.29) is 17.6 Å². The van der Waals surface area contributed by atoms with Gasteiger partial charge in [-0.1, -0.05) is 18.2 Å². The van der Waals surface area contributed by atoms with E-state index in [9.17, 15) is 9.90 Å². The summed E-state index contributed by atoms with van der Waals surface area (Å²) in [6, 6.07) is 8.01. The Hall–Kier alpha value is -1.88. The number of hydrogen-bond donors (Lipinski definition) is 2. The standard InChI is InChI=1S/C23H31N3O2/c1-15(27)5-4-8-26-20-7-3-2-6-19(20)21(25-26)22(28)24-23-12-16-9-17(13-23)11-18(10-16)14-23/h2-3,6-7,15-18,27H,4-5,8-14H2,1H3,(H,24,28)/t15-,16?,17?,18?,23?/m0/s1. The molecule has 1 amide bonds. The molecule has 0 saturated heterocycles. The van der Waals surface area contributed by atoms with Crippen molar-refractivity contribution in [2.75, 3.05) is 0 Å². The lowest BCUT2D eigenvalue weighted by Gasteiger charge is -2.56. The summed E-state index contributed by atoms with van der Waals surface area (Å²) >= 11 is 0. The Balaban J connectivity index is 1.39. The van der Waals surface area contributed by atoms with Crippen molar-refractivity contribution in [1.29, 1.82) is 0 Å². The van der Waals surface area contributed by atoms with E-state index in [1.165, 1.54) is 19.3 Å². The summed E-state index contributed by atoms with van der Waals surface area (Å²) in [4.78, 5) is 13.3. The molecule has 0 radical (unpaired) electrons. The lowest BCUT2D eigenvalue weighted by atomic mass is 9.53. The van der Waals surface area contributed by atoms with Crippen LogP contribution in [0.25, 0.3) is 10.9 Å². The van der Waals surface area contributed by atoms with Gasteiger partial charge in [-0.25, -0.2) is 0 Å². The van der Waals surface area contributed by atoms with E-state index in [4.69, 9.17) is 5.10 Å². The normalized spacial score (nSPS) is 32.0. The highest BCUT2D eigenvalue weighted by Gasteiger charge is 2.51. The summed E-state index contributed by atoms with van der Waals surface area (Å²) in [5, 5.41) is 18.6. The number of carbonyl (C=O) groups is 1. The van der Waals surface area contributed by atoms with Gasteiger partial charge >= 0.3 is 0 Å². The molecule has 0 spiro atoms. The summed E-state index contributed by atoms with van der Waals surface area (Å²) in [5.74, 6) is 2.41. The molecule has 2 N–H and O–H groups in total. The van der Waals surface area contributed by atoms with Crippen LogP contribution in [0.1, 0.15) is 68.8 Å². The topological polar surface area (TPSA) is 67.1 Å². The number of rotatable bonds is 6. The van der Waals surface area contributed by atoms with E-state index in [1.54, 1.807) is 0 Å². The Labute approximate surface area is 166 Å². The van der Waals surface area contributed by atoms with E-state index in [1.807, 2.05) is 35.9 Å². The maximum atomic E-state index is 13.3. The number of aliphatic hydroxyl groups excluding tert-OH is 1. The first-order valence-corrected chi connectivity index (χ1v) is 11.0. The van der Waals surface area contributed by atoms with Crippen LogP contribution in [-0.4, -0.2) is 32.4 Å². The average Bonchev–Trinajstić information content (AvgIpc) is 2.99. The number of aryl methyl sites for hydroxylation is 1. The van der Waals surface area contributed by atoms with Crippen LogP contribution in [-0.2, 0) is 6.54 Å². The summed E-state index contributed by atoms with van der Waals surface area (Å²) in [6.07, 6.45) is 8.85. The SMILES string of the molecule is C[C@H](O)CCCn1nc(C(=O)NC23CC4CC(CC(C4)C2)C3)c2ccccc21. The molecule has 5 heteroatoms. The zero-order chi connectivity index (χ0) is 19.3. The lowest BCUT2D eigenvalue weighted by molar-refractivity contribution is -0.0167. The number of hydrogen-bond acceptors (Lipinski definition) is 3. The fourth-order valence-corrected chi connectivity index (χ4v) is 6.57. The molecule has 2 aromatic rings. The fraction of sp³-hybridized carbons (Fsp3) is 0.652. The molecule has 1 atom stereocenters. The smallest absolute Gasteiger partial charge is 0.272 e. The Morgan fingerprint density at radius 2 is 1.86 bits per heavy atom. The van der Waals surface area contributed by atoms with Gasteiger partial charge in [0.25, 0.3) is 5.91 Å². The minimum atomic E-state index is -0.305. The first-order chi connectivity index (χ1) is 13.5. The van der Waals surface area contributed by atoms with Gasteiger partial charge in [0.05, 0.1) is 11.6 Å². The Morgan fingerprint density at radius 3 is 2.50 bits per heavy atom. The second-order valence-corrected chi connectivity index (χ2v) is 9.73. The van der Waals surface area contributed by atoms with E-state index < -0.39 is 0 Å². The molecule has 1 heterocycles. The third-order valence-corrected chi connectivity index (χ3v) is 7.28. The zero-order valence-corrected chi connectivity index (χ0v) is 16.7. The highest BCUT2D eigenvalue weighted by atomic mass is 16.3. The molecule has 1 aromatic heterocycles. The third kappa shape index (κ3) is 3.24. The minimum absolute atomic E-state index is 0.00301. The van der Waals surface area contributed by atoms with Crippen molar-refractivity contribution in [1.82, 2.24) is 15.1 Å². The second-order valence-electron chi connectivity index (χ2n) is 9.73. The number of benzene rings is 1. The van der Waals surface area contributed by atoms with E-state index >= 15 is 0 Å². The van der Waals surface area contributed by atoms with Gasteiger partial charge in [-0.05, 0) is 82.1 Å². The molecule has 1 aromatic carbocycles. The Kier molecular flexibility index (Phi) is 4.46. The van der Waals surface area contributed by atoms with E-state index in [0.29, 0.717) is 5.69 Å². The van der Waals surface area contributed by atoms with Gasteiger partial charge in [0.2, 0.25) is 0 Å². The van der Waals surface area contributed by atoms with Crippen molar-refractivity contribution in [3.05, 3.63) is 30.0 Å². The molecular weight excluding hydrogens is 350 g/mol. The van der Waals surface area contributed by atoms with Crippen LogP contribution in [0.4, 0.5) is 0 Å². The molecule has 0 aliphatic heterocycles. The van der Waals surface area contributed by atoms with Crippen LogP contribution < -0.4 is 5.32 Å². The van der Waals surface area contributed by atoms with Crippen molar-refractivity contribution in [3.8, 4) is 0 Å². The second kappa shape index (κ2) is 6.87. The highest BCUT2D eigenvalue weighted by molar-refractivity contribution is 6.05. The molecule has 28 heavy (non-hydrogen) atoms. The molecule has 6 rings (SSSR count). The largest absolute Gasteiger partial charge is 0.393 e. The zero-order valence-electron chi connectivity index (χ0n) is 16.7. The van der Waals surface area contributed by atoms with Gasteiger partial charge in [0.1, 0.15) is 0 Å². The van der Waals surface area contributed by atoms with Crippen molar-refractivity contribution in [2.24, 2.45) is 17.8 Å². The molecule has 5 nitrogen and oxygen atoms in total. The summed E-state index contributed by atoms with van der Waals surface area (Å²) in [6.45, 7) is 2.53. The van der Waals surface area contributed by atoms with Crippen LogP contribution in [0, 0.1) is 17.8 Å². The van der Waals surface area contributed by atoms with Crippen LogP contribution in [0.15, 0.2) is 24.3 Å². The molecule has 150 valence electrons. The molecule has 4 fully saturated rings. The summed E-state index contributed by atoms with van der Waals surface area (Å²) in [5.41, 5.74) is 1.57. The van der Waals surface area contributed by atoms with Gasteiger partial charge in [0.15, 0.2) is 5.69 Å². The molecular formula is C23H31N3O2. The maximum absolute atomic E-state index is 13.3.